The fourth-order valence-corrected chi connectivity index (χ4v) is 0.822. The monoisotopic (exact) mass is 138 g/mol. The van der Waals surface area contributed by atoms with Gasteiger partial charge in [0.05, 0.1) is 5.69 Å². The smallest absolute Gasteiger partial charge is 0.194 e. The van der Waals surface area contributed by atoms with Gasteiger partial charge in [-0.3, -0.25) is 0 Å². The van der Waals surface area contributed by atoms with Crippen molar-refractivity contribution >= 4 is 0 Å². The average molecular weight is 138 g/mol. The first-order valence-electron chi connectivity index (χ1n) is 3.59. The van der Waals surface area contributed by atoms with Crippen molar-refractivity contribution in [1.82, 2.24) is 4.98 Å². The molecule has 1 heterocycles. The van der Waals surface area contributed by atoms with Crippen LogP contribution in [0.25, 0.3) is 0 Å². The Morgan fingerprint density at radius 2 is 2.50 bits per heavy atom. The van der Waals surface area contributed by atoms with Crippen molar-refractivity contribution in [3.8, 4) is 0 Å². The van der Waals surface area contributed by atoms with E-state index in [4.69, 9.17) is 4.42 Å². The molecule has 0 atom stereocenters. The van der Waals surface area contributed by atoms with E-state index < -0.39 is 0 Å². The second kappa shape index (κ2) is 3.40. The average Bonchev–Trinajstić information content (AvgIpc) is 2.31. The summed E-state index contributed by atoms with van der Waals surface area (Å²) in [6, 6.07) is 0. The molecule has 0 aliphatic rings. The highest BCUT2D eigenvalue weighted by Gasteiger charge is 1.96. The Hall–Kier alpha value is -0.790. The number of hydrogen-bond acceptors (Lipinski definition) is 2. The van der Waals surface area contributed by atoms with E-state index >= 15 is 0 Å². The van der Waals surface area contributed by atoms with Crippen LogP contribution in [0.3, 0.4) is 0 Å². The van der Waals surface area contributed by atoms with Crippen LogP contribution in [0, 0.1) is 6.92 Å². The lowest BCUT2D eigenvalue weighted by molar-refractivity contribution is 0.536. The van der Waals surface area contributed by atoms with E-state index in [1.807, 2.05) is 0 Å². The molecule has 0 aromatic carbocycles. The molecule has 0 fully saturated rings. The lowest BCUT2D eigenvalue weighted by atomic mass is 10.2. The molecule has 0 N–H and O–H groups in total. The molecule has 0 unspecified atom stereocenters. The summed E-state index contributed by atoms with van der Waals surface area (Å²) in [5.41, 5.74) is 1.02. The van der Waals surface area contributed by atoms with Crippen molar-refractivity contribution in [2.24, 2.45) is 0 Å². The van der Waals surface area contributed by atoms with Crippen LogP contribution in [-0.2, 0) is 6.42 Å². The fraction of sp³-hybridized carbons (Fsp3) is 0.500. The second-order valence-corrected chi connectivity index (χ2v) is 2.34. The second-order valence-electron chi connectivity index (χ2n) is 2.34. The number of oxazole rings is 1. The van der Waals surface area contributed by atoms with E-state index in [0.29, 0.717) is 5.89 Å². The first-order valence-corrected chi connectivity index (χ1v) is 3.59. The zero-order valence-corrected chi connectivity index (χ0v) is 6.26. The summed E-state index contributed by atoms with van der Waals surface area (Å²) in [6.45, 7) is 5.73. The lowest BCUT2D eigenvalue weighted by Gasteiger charge is -1.88. The Kier molecular flexibility index (Phi) is 2.49. The van der Waals surface area contributed by atoms with Gasteiger partial charge in [-0.25, -0.2) is 4.98 Å². The van der Waals surface area contributed by atoms with Crippen molar-refractivity contribution in [2.75, 3.05) is 0 Å². The van der Waals surface area contributed by atoms with Gasteiger partial charge in [0.1, 0.15) is 6.26 Å². The van der Waals surface area contributed by atoms with Crippen molar-refractivity contribution in [3.05, 3.63) is 24.8 Å². The highest BCUT2D eigenvalue weighted by molar-refractivity contribution is 4.97. The molecule has 1 aromatic rings. The van der Waals surface area contributed by atoms with E-state index in [1.165, 1.54) is 12.8 Å². The number of nitrogens with zero attached hydrogens (tertiary/aromatic N) is 1. The van der Waals surface area contributed by atoms with E-state index in [1.54, 1.807) is 6.26 Å². The van der Waals surface area contributed by atoms with Crippen LogP contribution in [-0.4, -0.2) is 4.98 Å². The van der Waals surface area contributed by atoms with Gasteiger partial charge in [0.2, 0.25) is 0 Å². The highest BCUT2D eigenvalue weighted by Crippen LogP contribution is 2.04. The molecule has 0 bridgehead atoms. The molecule has 0 spiro atoms. The van der Waals surface area contributed by atoms with Crippen molar-refractivity contribution in [1.29, 1.82) is 0 Å². The van der Waals surface area contributed by atoms with E-state index in [0.717, 1.165) is 12.1 Å². The summed E-state index contributed by atoms with van der Waals surface area (Å²) in [6.07, 6.45) is 5.05. The van der Waals surface area contributed by atoms with E-state index in [-0.39, 0.29) is 0 Å². The van der Waals surface area contributed by atoms with Gasteiger partial charge in [0.25, 0.3) is 0 Å². The summed E-state index contributed by atoms with van der Waals surface area (Å²) >= 11 is 0. The minimum atomic E-state index is 0.520. The molecule has 0 amide bonds. The standard InChI is InChI=1S/C8H12NO/c1-3-4-5-8-6-10-7(2)9-8/h6H,2-5H2,1H3. The van der Waals surface area contributed by atoms with Crippen LogP contribution in [0.15, 0.2) is 10.7 Å². The van der Waals surface area contributed by atoms with Crippen molar-refractivity contribution in [2.45, 2.75) is 26.2 Å². The van der Waals surface area contributed by atoms with Crippen LogP contribution in [0.1, 0.15) is 31.4 Å². The molecule has 0 saturated heterocycles. The van der Waals surface area contributed by atoms with Gasteiger partial charge in [-0.05, 0) is 12.8 Å². The van der Waals surface area contributed by atoms with E-state index in [9.17, 15) is 0 Å². The molecule has 0 aliphatic carbocycles. The number of unbranched alkanes of at least 4 members (excludes halogenated alkanes) is 1. The third-order valence-electron chi connectivity index (χ3n) is 1.39. The molecule has 1 aromatic heterocycles. The van der Waals surface area contributed by atoms with Gasteiger partial charge < -0.3 is 4.42 Å². The maximum Gasteiger partial charge on any atom is 0.194 e. The fourth-order valence-electron chi connectivity index (χ4n) is 0.822. The molecule has 1 radical (unpaired) electrons. The topological polar surface area (TPSA) is 26.0 Å². The van der Waals surface area contributed by atoms with Gasteiger partial charge in [0, 0.05) is 6.92 Å². The number of aromatic nitrogens is 1. The highest BCUT2D eigenvalue weighted by atomic mass is 16.3. The molecular formula is C8H12NO. The minimum Gasteiger partial charge on any atom is -0.449 e. The van der Waals surface area contributed by atoms with E-state index in [2.05, 4.69) is 18.8 Å². The Bertz CT molecular complexity index is 193. The molecule has 0 aliphatic heterocycles. The molecule has 2 nitrogen and oxygen atoms in total. The SMILES string of the molecule is [CH2]c1nc(CCCC)co1. The molecule has 0 saturated carbocycles. The summed E-state index contributed by atoms with van der Waals surface area (Å²) in [4.78, 5) is 4.07. The molecule has 10 heavy (non-hydrogen) atoms. The Balaban J connectivity index is 2.42. The Morgan fingerprint density at radius 1 is 1.70 bits per heavy atom. The van der Waals surface area contributed by atoms with Gasteiger partial charge >= 0.3 is 0 Å². The first kappa shape index (κ1) is 7.32. The Morgan fingerprint density at radius 3 is 3.00 bits per heavy atom. The molecule has 55 valence electrons. The minimum absolute atomic E-state index is 0.520. The van der Waals surface area contributed by atoms with Crippen molar-refractivity contribution < 1.29 is 4.42 Å². The zero-order chi connectivity index (χ0) is 7.40. The summed E-state index contributed by atoms with van der Waals surface area (Å²) in [5, 5.41) is 0. The molecular weight excluding hydrogens is 126 g/mol. The molecule has 1 rings (SSSR count). The first-order chi connectivity index (χ1) is 4.83. The zero-order valence-electron chi connectivity index (χ0n) is 6.26. The van der Waals surface area contributed by atoms with Crippen LogP contribution in [0.5, 0.6) is 0 Å². The van der Waals surface area contributed by atoms with Crippen LogP contribution in [0.2, 0.25) is 0 Å². The van der Waals surface area contributed by atoms with Crippen LogP contribution < -0.4 is 0 Å². The predicted molar refractivity (Wildman–Crippen MR) is 39.6 cm³/mol. The predicted octanol–water partition coefficient (Wildman–Crippen LogP) is 2.20. The lowest BCUT2D eigenvalue weighted by Crippen LogP contribution is -1.83. The van der Waals surface area contributed by atoms with Crippen molar-refractivity contribution in [3.63, 3.8) is 0 Å². The third kappa shape index (κ3) is 1.87. The Labute approximate surface area is 61.3 Å². The van der Waals surface area contributed by atoms with Crippen LogP contribution >= 0.6 is 0 Å². The summed E-state index contributed by atoms with van der Waals surface area (Å²) in [5.74, 6) is 0.520. The van der Waals surface area contributed by atoms with Gasteiger partial charge in [-0.15, -0.1) is 0 Å². The quantitative estimate of drug-likeness (QED) is 0.640. The van der Waals surface area contributed by atoms with Gasteiger partial charge in [-0.1, -0.05) is 13.3 Å². The number of rotatable bonds is 3. The maximum absolute atomic E-state index is 4.94. The summed E-state index contributed by atoms with van der Waals surface area (Å²) in [7, 11) is 0. The van der Waals surface area contributed by atoms with Gasteiger partial charge in [-0.2, -0.15) is 0 Å². The third-order valence-corrected chi connectivity index (χ3v) is 1.39. The van der Waals surface area contributed by atoms with Crippen LogP contribution in [0.4, 0.5) is 0 Å². The van der Waals surface area contributed by atoms with Gasteiger partial charge in [0.15, 0.2) is 5.89 Å². The number of aryl methyl sites for hydroxylation is 1. The number of hydrogen-bond donors (Lipinski definition) is 0. The maximum atomic E-state index is 4.94. The largest absolute Gasteiger partial charge is 0.449 e. The normalized spacial score (nSPS) is 10.2. The summed E-state index contributed by atoms with van der Waals surface area (Å²) < 4.78 is 4.94. The molecule has 2 heteroatoms.